The van der Waals surface area contributed by atoms with Crippen molar-refractivity contribution in [3.63, 3.8) is 0 Å². The number of nitrogens with one attached hydrogen (secondary N) is 2. The van der Waals surface area contributed by atoms with Gasteiger partial charge in [-0.05, 0) is 43.8 Å². The van der Waals surface area contributed by atoms with E-state index >= 15 is 0 Å². The highest BCUT2D eigenvalue weighted by Gasteiger charge is 2.14. The van der Waals surface area contributed by atoms with Gasteiger partial charge < -0.3 is 10.1 Å². The predicted molar refractivity (Wildman–Crippen MR) is 89.1 cm³/mol. The summed E-state index contributed by atoms with van der Waals surface area (Å²) in [6.07, 6.45) is 0. The van der Waals surface area contributed by atoms with Gasteiger partial charge in [-0.15, -0.1) is 11.3 Å². The highest BCUT2D eigenvalue weighted by molar-refractivity contribution is 7.91. The summed E-state index contributed by atoms with van der Waals surface area (Å²) in [6.45, 7) is 2.12. The minimum absolute atomic E-state index is 0.0868. The van der Waals surface area contributed by atoms with E-state index in [0.29, 0.717) is 5.75 Å². The zero-order chi connectivity index (χ0) is 16.9. The molecule has 8 heteroatoms. The van der Waals surface area contributed by atoms with Crippen LogP contribution in [0.3, 0.4) is 0 Å². The van der Waals surface area contributed by atoms with Crippen molar-refractivity contribution in [3.8, 4) is 5.75 Å². The third-order valence-electron chi connectivity index (χ3n) is 2.99. The second kappa shape index (κ2) is 7.58. The van der Waals surface area contributed by atoms with Gasteiger partial charge in [0, 0.05) is 4.88 Å². The van der Waals surface area contributed by atoms with Gasteiger partial charge in [-0.1, -0.05) is 12.1 Å². The maximum absolute atomic E-state index is 11.8. The first-order valence-corrected chi connectivity index (χ1v) is 9.19. The number of rotatable bonds is 7. The Bertz CT molecular complexity index is 784. The van der Waals surface area contributed by atoms with E-state index in [2.05, 4.69) is 10.0 Å². The normalized spacial score (nSPS) is 11.2. The third kappa shape index (κ3) is 5.05. The lowest BCUT2D eigenvalue weighted by atomic mass is 10.2. The van der Waals surface area contributed by atoms with Crippen LogP contribution in [0, 0.1) is 6.92 Å². The van der Waals surface area contributed by atoms with E-state index in [1.807, 2.05) is 25.1 Å². The number of hydrogen-bond acceptors (Lipinski definition) is 5. The van der Waals surface area contributed by atoms with Gasteiger partial charge in [-0.2, -0.15) is 0 Å². The number of carbonyl (C=O) groups excluding carboxylic acids is 1. The minimum Gasteiger partial charge on any atom is -0.484 e. The molecule has 2 rings (SSSR count). The zero-order valence-electron chi connectivity index (χ0n) is 12.8. The Balaban J connectivity index is 1.83. The van der Waals surface area contributed by atoms with E-state index in [0.717, 1.165) is 21.8 Å². The van der Waals surface area contributed by atoms with E-state index < -0.39 is 10.0 Å². The first-order chi connectivity index (χ1) is 10.9. The fraction of sp³-hybridized carbons (Fsp3) is 0.267. The van der Waals surface area contributed by atoms with Crippen molar-refractivity contribution in [2.45, 2.75) is 17.7 Å². The molecule has 1 aromatic heterocycles. The van der Waals surface area contributed by atoms with Crippen molar-refractivity contribution >= 4 is 27.3 Å². The summed E-state index contributed by atoms with van der Waals surface area (Å²) in [7, 11) is -2.07. The Labute approximate surface area is 139 Å². The van der Waals surface area contributed by atoms with Gasteiger partial charge >= 0.3 is 0 Å². The number of ether oxygens (including phenoxy) is 1. The highest BCUT2D eigenvalue weighted by atomic mass is 32.2. The Morgan fingerprint density at radius 2 is 2.04 bits per heavy atom. The maximum atomic E-state index is 11.8. The molecular formula is C15H18N2O4S2. The summed E-state index contributed by atoms with van der Waals surface area (Å²) < 4.78 is 31.1. The molecule has 0 spiro atoms. The molecule has 0 fully saturated rings. The lowest BCUT2D eigenvalue weighted by molar-refractivity contribution is -0.123. The van der Waals surface area contributed by atoms with Crippen LogP contribution in [0.2, 0.25) is 0 Å². The third-order valence-corrected chi connectivity index (χ3v) is 5.98. The van der Waals surface area contributed by atoms with Crippen molar-refractivity contribution in [3.05, 3.63) is 46.8 Å². The Morgan fingerprint density at radius 1 is 1.26 bits per heavy atom. The van der Waals surface area contributed by atoms with Crippen molar-refractivity contribution in [2.75, 3.05) is 13.7 Å². The zero-order valence-corrected chi connectivity index (χ0v) is 14.5. The highest BCUT2D eigenvalue weighted by Crippen LogP contribution is 2.21. The molecule has 23 heavy (non-hydrogen) atoms. The van der Waals surface area contributed by atoms with Crippen LogP contribution in [0.25, 0.3) is 0 Å². The summed E-state index contributed by atoms with van der Waals surface area (Å²) in [5.74, 6) is 0.372. The van der Waals surface area contributed by atoms with E-state index in [1.54, 1.807) is 12.1 Å². The molecule has 0 saturated carbocycles. The van der Waals surface area contributed by atoms with Crippen molar-refractivity contribution in [2.24, 2.45) is 0 Å². The maximum Gasteiger partial charge on any atom is 0.258 e. The Hall–Kier alpha value is -1.90. The first-order valence-electron chi connectivity index (χ1n) is 6.89. The molecule has 2 aromatic rings. The molecule has 0 aliphatic rings. The van der Waals surface area contributed by atoms with Gasteiger partial charge in [0.05, 0.1) is 6.54 Å². The van der Waals surface area contributed by atoms with Gasteiger partial charge in [-0.3, -0.25) is 4.79 Å². The minimum atomic E-state index is -3.44. The molecule has 0 atom stereocenters. The van der Waals surface area contributed by atoms with Crippen molar-refractivity contribution in [1.29, 1.82) is 0 Å². The summed E-state index contributed by atoms with van der Waals surface area (Å²) >= 11 is 1.12. The van der Waals surface area contributed by atoms with Crippen LogP contribution in [-0.4, -0.2) is 28.0 Å². The molecule has 1 aromatic carbocycles. The molecule has 0 radical (unpaired) electrons. The molecule has 1 amide bonds. The number of hydrogen-bond donors (Lipinski definition) is 2. The average molecular weight is 354 g/mol. The van der Waals surface area contributed by atoms with Gasteiger partial charge in [0.2, 0.25) is 10.0 Å². The van der Waals surface area contributed by atoms with E-state index in [4.69, 9.17) is 4.74 Å². The molecule has 124 valence electrons. The first kappa shape index (κ1) is 17.5. The predicted octanol–water partition coefficient (Wildman–Crippen LogP) is 1.66. The number of carbonyl (C=O) groups is 1. The molecule has 0 bridgehead atoms. The number of aryl methyl sites for hydroxylation is 1. The number of amides is 1. The van der Waals surface area contributed by atoms with E-state index in [-0.39, 0.29) is 23.3 Å². The van der Waals surface area contributed by atoms with Crippen LogP contribution in [0.15, 0.2) is 40.6 Å². The smallest absolute Gasteiger partial charge is 0.258 e. The van der Waals surface area contributed by atoms with E-state index in [1.165, 1.54) is 13.1 Å². The van der Waals surface area contributed by atoms with Crippen molar-refractivity contribution < 1.29 is 17.9 Å². The summed E-state index contributed by atoms with van der Waals surface area (Å²) in [5, 5.41) is 2.70. The summed E-state index contributed by atoms with van der Waals surface area (Å²) in [6, 6.07) is 10.6. The van der Waals surface area contributed by atoms with Crippen LogP contribution < -0.4 is 14.8 Å². The Kier molecular flexibility index (Phi) is 5.75. The van der Waals surface area contributed by atoms with Gasteiger partial charge in [-0.25, -0.2) is 13.1 Å². The molecule has 0 aliphatic heterocycles. The average Bonchev–Trinajstić information content (AvgIpc) is 3.01. The summed E-state index contributed by atoms with van der Waals surface area (Å²) in [4.78, 5) is 12.5. The molecular weight excluding hydrogens is 336 g/mol. The van der Waals surface area contributed by atoms with Crippen LogP contribution in [0.1, 0.15) is 10.4 Å². The fourth-order valence-electron chi connectivity index (χ4n) is 1.79. The van der Waals surface area contributed by atoms with Crippen LogP contribution >= 0.6 is 11.3 Å². The molecule has 0 saturated heterocycles. The summed E-state index contributed by atoms with van der Waals surface area (Å²) in [5.41, 5.74) is 1.06. The van der Waals surface area contributed by atoms with Gasteiger partial charge in [0.15, 0.2) is 6.61 Å². The lowest BCUT2D eigenvalue weighted by Crippen LogP contribution is -2.28. The van der Waals surface area contributed by atoms with Crippen LogP contribution in [0.4, 0.5) is 0 Å². The number of benzene rings is 1. The Morgan fingerprint density at radius 3 is 2.74 bits per heavy atom. The molecule has 2 N–H and O–H groups in total. The topological polar surface area (TPSA) is 84.5 Å². The quantitative estimate of drug-likeness (QED) is 0.792. The van der Waals surface area contributed by atoms with Gasteiger partial charge in [0.25, 0.3) is 5.91 Å². The monoisotopic (exact) mass is 354 g/mol. The standard InChI is InChI=1S/C15H18N2O4S2/c1-11-4-3-5-12(8-11)21-10-14(18)17-9-13-6-7-15(22-13)23(19,20)16-2/h3-8,16H,9-10H2,1-2H3,(H,17,18). The number of sulfonamides is 1. The van der Waals surface area contributed by atoms with Crippen LogP contribution in [0.5, 0.6) is 5.75 Å². The molecule has 6 nitrogen and oxygen atoms in total. The fourth-order valence-corrected chi connectivity index (χ4v) is 3.92. The molecule has 0 unspecified atom stereocenters. The van der Waals surface area contributed by atoms with E-state index in [9.17, 15) is 13.2 Å². The second-order valence-electron chi connectivity index (χ2n) is 4.81. The van der Waals surface area contributed by atoms with Crippen molar-refractivity contribution in [1.82, 2.24) is 10.0 Å². The van der Waals surface area contributed by atoms with Crippen LogP contribution in [-0.2, 0) is 21.4 Å². The second-order valence-corrected chi connectivity index (χ2v) is 8.09. The molecule has 0 aliphatic carbocycles. The molecule has 1 heterocycles. The van der Waals surface area contributed by atoms with Gasteiger partial charge in [0.1, 0.15) is 9.96 Å². The largest absolute Gasteiger partial charge is 0.484 e. The SMILES string of the molecule is CNS(=O)(=O)c1ccc(CNC(=O)COc2cccc(C)c2)s1. The lowest BCUT2D eigenvalue weighted by Gasteiger charge is -2.07. The number of thiophene rings is 1.